The number of carbonyl (C=O) groups is 3. The molecule has 4 aliphatic rings. The van der Waals surface area contributed by atoms with Crippen molar-refractivity contribution in [3.8, 4) is 0 Å². The van der Waals surface area contributed by atoms with Crippen molar-refractivity contribution >= 4 is 29.5 Å². The maximum Gasteiger partial charge on any atom is 0.308 e. The van der Waals surface area contributed by atoms with E-state index in [2.05, 4.69) is 6.58 Å². The molecule has 8 heteroatoms. The summed E-state index contributed by atoms with van der Waals surface area (Å²) in [5.41, 5.74) is 0. The van der Waals surface area contributed by atoms with Gasteiger partial charge in [-0.25, -0.2) is 0 Å². The number of likely N-dealkylation sites (tertiary alicyclic amines) is 1. The third-order valence-electron chi connectivity index (χ3n) is 7.50. The highest BCUT2D eigenvalue weighted by Crippen LogP contribution is 2.66. The molecule has 2 bridgehead atoms. The summed E-state index contributed by atoms with van der Waals surface area (Å²) < 4.78 is -0.661. The Hall–Kier alpha value is -1.54. The molecule has 30 heavy (non-hydrogen) atoms. The Morgan fingerprint density at radius 1 is 1.27 bits per heavy atom. The Morgan fingerprint density at radius 2 is 2.00 bits per heavy atom. The van der Waals surface area contributed by atoms with Crippen molar-refractivity contribution in [3.63, 3.8) is 0 Å². The van der Waals surface area contributed by atoms with Crippen LogP contribution in [0.3, 0.4) is 0 Å². The van der Waals surface area contributed by atoms with Crippen molar-refractivity contribution in [2.24, 2.45) is 11.8 Å². The number of aliphatic hydroxyl groups is 1. The van der Waals surface area contributed by atoms with Gasteiger partial charge in [-0.05, 0) is 32.1 Å². The summed E-state index contributed by atoms with van der Waals surface area (Å²) in [5.74, 6) is -2.59. The smallest absolute Gasteiger partial charge is 0.308 e. The van der Waals surface area contributed by atoms with E-state index in [-0.39, 0.29) is 36.3 Å². The van der Waals surface area contributed by atoms with Gasteiger partial charge in [0.15, 0.2) is 0 Å². The zero-order valence-corrected chi connectivity index (χ0v) is 18.2. The number of aliphatic hydroxyl groups excluding tert-OH is 1. The molecule has 0 aromatic rings. The van der Waals surface area contributed by atoms with E-state index in [1.54, 1.807) is 22.7 Å². The van der Waals surface area contributed by atoms with Gasteiger partial charge >= 0.3 is 5.97 Å². The minimum atomic E-state index is -0.933. The monoisotopic (exact) mass is 436 g/mol. The van der Waals surface area contributed by atoms with Gasteiger partial charge in [0.1, 0.15) is 6.04 Å². The van der Waals surface area contributed by atoms with E-state index in [0.717, 1.165) is 32.1 Å². The third kappa shape index (κ3) is 3.27. The van der Waals surface area contributed by atoms with Crippen molar-refractivity contribution in [1.82, 2.24) is 9.80 Å². The molecule has 3 heterocycles. The van der Waals surface area contributed by atoms with E-state index in [9.17, 15) is 24.6 Å². The molecule has 0 aromatic heterocycles. The summed E-state index contributed by atoms with van der Waals surface area (Å²) >= 11 is 1.57. The van der Waals surface area contributed by atoms with E-state index in [1.807, 2.05) is 4.90 Å². The maximum atomic E-state index is 14.0. The van der Waals surface area contributed by atoms with Crippen molar-refractivity contribution < 1.29 is 24.6 Å². The molecule has 1 spiro atoms. The van der Waals surface area contributed by atoms with E-state index < -0.39 is 28.6 Å². The maximum absolute atomic E-state index is 14.0. The van der Waals surface area contributed by atoms with Gasteiger partial charge in [-0.1, -0.05) is 25.3 Å². The number of fused-ring (bicyclic) bond motifs is 1. The molecule has 5 atom stereocenters. The molecule has 3 saturated heterocycles. The Labute approximate surface area is 181 Å². The molecule has 1 saturated carbocycles. The van der Waals surface area contributed by atoms with Crippen molar-refractivity contribution in [2.75, 3.05) is 19.7 Å². The Kier molecular flexibility index (Phi) is 6.17. The highest BCUT2D eigenvalue weighted by atomic mass is 32.2. The molecule has 4 fully saturated rings. The zero-order valence-electron chi connectivity index (χ0n) is 17.4. The fraction of sp³-hybridized carbons (Fsp3) is 0.773. The lowest BCUT2D eigenvalue weighted by molar-refractivity contribution is -0.148. The van der Waals surface area contributed by atoms with E-state index >= 15 is 0 Å². The average Bonchev–Trinajstić information content (AvgIpc) is 3.38. The molecule has 4 rings (SSSR count). The second-order valence-electron chi connectivity index (χ2n) is 9.07. The topological polar surface area (TPSA) is 98.2 Å². The van der Waals surface area contributed by atoms with Gasteiger partial charge < -0.3 is 20.0 Å². The highest BCUT2D eigenvalue weighted by Gasteiger charge is 2.74. The number of aliphatic carboxylic acids is 1. The molecule has 0 radical (unpaired) electrons. The minimum Gasteiger partial charge on any atom is -0.481 e. The van der Waals surface area contributed by atoms with Crippen LogP contribution < -0.4 is 0 Å². The third-order valence-corrected chi connectivity index (χ3v) is 9.45. The molecule has 2 unspecified atom stereocenters. The Morgan fingerprint density at radius 3 is 2.63 bits per heavy atom. The first-order valence-electron chi connectivity index (χ1n) is 11.2. The second kappa shape index (κ2) is 8.54. The van der Waals surface area contributed by atoms with Crippen LogP contribution in [0.5, 0.6) is 0 Å². The number of hydrogen-bond acceptors (Lipinski definition) is 5. The summed E-state index contributed by atoms with van der Waals surface area (Å²) in [6.45, 7) is 4.50. The van der Waals surface area contributed by atoms with Crippen LogP contribution in [0.15, 0.2) is 12.7 Å². The molecular weight excluding hydrogens is 404 g/mol. The van der Waals surface area contributed by atoms with Crippen LogP contribution >= 0.6 is 11.8 Å². The van der Waals surface area contributed by atoms with Gasteiger partial charge in [0.25, 0.3) is 0 Å². The van der Waals surface area contributed by atoms with Gasteiger partial charge in [0.05, 0.1) is 16.6 Å². The molecule has 0 aromatic carbocycles. The zero-order chi connectivity index (χ0) is 21.5. The van der Waals surface area contributed by atoms with Crippen LogP contribution in [-0.4, -0.2) is 79.6 Å². The van der Waals surface area contributed by atoms with Gasteiger partial charge in [0.2, 0.25) is 11.8 Å². The Balaban J connectivity index is 1.70. The van der Waals surface area contributed by atoms with Crippen LogP contribution in [0.4, 0.5) is 0 Å². The largest absolute Gasteiger partial charge is 0.481 e. The molecule has 2 N–H and O–H groups in total. The molecule has 2 amide bonds. The van der Waals surface area contributed by atoms with Crippen LogP contribution in [-0.2, 0) is 14.4 Å². The SMILES string of the molecule is C=CCN(C(=O)C1N(CCCO)C(=O)[C@@H]2[C@@H](C(=O)O)[C@H]3CCC12S3)C1CCCCC1. The number of carboxylic acid groups (broad SMARTS) is 1. The first kappa shape index (κ1) is 21.7. The quantitative estimate of drug-likeness (QED) is 0.564. The van der Waals surface area contributed by atoms with Gasteiger partial charge in [-0.3, -0.25) is 14.4 Å². The normalized spacial score (nSPS) is 35.5. The first-order valence-corrected chi connectivity index (χ1v) is 12.1. The average molecular weight is 437 g/mol. The molecule has 7 nitrogen and oxygen atoms in total. The lowest BCUT2D eigenvalue weighted by atomic mass is 9.71. The highest BCUT2D eigenvalue weighted by molar-refractivity contribution is 8.02. The number of hydrogen-bond donors (Lipinski definition) is 2. The van der Waals surface area contributed by atoms with Crippen molar-refractivity contribution in [1.29, 1.82) is 0 Å². The number of carboxylic acids is 1. The van der Waals surface area contributed by atoms with Gasteiger partial charge in [0, 0.05) is 31.0 Å². The molecule has 166 valence electrons. The van der Waals surface area contributed by atoms with E-state index in [0.29, 0.717) is 19.4 Å². The fourth-order valence-electron chi connectivity index (χ4n) is 6.30. The van der Waals surface area contributed by atoms with Crippen LogP contribution in [0, 0.1) is 11.8 Å². The number of amides is 2. The van der Waals surface area contributed by atoms with Gasteiger partial charge in [-0.15, -0.1) is 18.3 Å². The summed E-state index contributed by atoms with van der Waals surface area (Å²) in [7, 11) is 0. The van der Waals surface area contributed by atoms with E-state index in [4.69, 9.17) is 0 Å². The predicted molar refractivity (Wildman–Crippen MR) is 114 cm³/mol. The summed E-state index contributed by atoms with van der Waals surface area (Å²) in [4.78, 5) is 43.0. The van der Waals surface area contributed by atoms with Crippen LogP contribution in [0.25, 0.3) is 0 Å². The molecule has 1 aliphatic carbocycles. The lowest BCUT2D eigenvalue weighted by Gasteiger charge is -2.41. The fourth-order valence-corrected chi connectivity index (χ4v) is 8.51. The first-order chi connectivity index (χ1) is 14.5. The Bertz CT molecular complexity index is 724. The number of thioether (sulfide) groups is 1. The summed E-state index contributed by atoms with van der Waals surface area (Å²) in [6, 6.07) is -0.504. The number of carbonyl (C=O) groups excluding carboxylic acids is 2. The lowest BCUT2D eigenvalue weighted by Crippen LogP contribution is -2.57. The molecule has 3 aliphatic heterocycles. The van der Waals surface area contributed by atoms with Crippen molar-refractivity contribution in [2.45, 2.75) is 73.4 Å². The van der Waals surface area contributed by atoms with Crippen molar-refractivity contribution in [3.05, 3.63) is 12.7 Å². The minimum absolute atomic E-state index is 0.0604. The van der Waals surface area contributed by atoms with E-state index in [1.165, 1.54) is 6.42 Å². The van der Waals surface area contributed by atoms with Crippen LogP contribution in [0.2, 0.25) is 0 Å². The van der Waals surface area contributed by atoms with Gasteiger partial charge in [-0.2, -0.15) is 0 Å². The number of nitrogens with zero attached hydrogens (tertiary/aromatic N) is 2. The standard InChI is InChI=1S/C22H32N2O5S/c1-2-11-23(14-7-4-3-5-8-14)20(27)18-22-10-9-15(30-22)16(21(28)29)17(22)19(26)24(18)12-6-13-25/h2,14-18,25H,1,3-13H2,(H,28,29)/t15-,16+,17+,18?,22?/m1/s1. The second-order valence-corrected chi connectivity index (χ2v) is 10.7. The predicted octanol–water partition coefficient (Wildman–Crippen LogP) is 1.89. The summed E-state index contributed by atoms with van der Waals surface area (Å²) in [6.07, 6.45) is 8.84. The van der Waals surface area contributed by atoms with Crippen LogP contribution in [0.1, 0.15) is 51.4 Å². The number of rotatable bonds is 8. The molecular formula is C22H32N2O5S. The summed E-state index contributed by atoms with van der Waals surface area (Å²) in [5, 5.41) is 19.1.